The van der Waals surface area contributed by atoms with Gasteiger partial charge in [0, 0.05) is 12.2 Å². The molecule has 1 atom stereocenters. The lowest BCUT2D eigenvalue weighted by Gasteiger charge is -2.17. The minimum absolute atomic E-state index is 0.561. The van der Waals surface area contributed by atoms with Crippen LogP contribution in [-0.4, -0.2) is 11.0 Å². The molecule has 0 radical (unpaired) electrons. The fourth-order valence-corrected chi connectivity index (χ4v) is 1.87. The van der Waals surface area contributed by atoms with E-state index in [0.717, 1.165) is 18.2 Å². The number of hydrogen-bond acceptors (Lipinski definition) is 2. The standard InChI is InChI=1S/C12H17ClN2/c1-2-11(7-9-3-4-9)15-12-6-5-10(13)8-14-12/h5-6,8-9,11H,2-4,7H2,1H3,(H,14,15). The summed E-state index contributed by atoms with van der Waals surface area (Å²) in [5.41, 5.74) is 0. The smallest absolute Gasteiger partial charge is 0.126 e. The highest BCUT2D eigenvalue weighted by molar-refractivity contribution is 6.30. The zero-order valence-electron chi connectivity index (χ0n) is 9.04. The SMILES string of the molecule is CCC(CC1CC1)Nc1ccc(Cl)cn1. The first-order valence-electron chi connectivity index (χ1n) is 5.66. The maximum Gasteiger partial charge on any atom is 0.126 e. The number of nitrogens with one attached hydrogen (secondary N) is 1. The number of nitrogens with zero attached hydrogens (tertiary/aromatic N) is 1. The number of rotatable bonds is 5. The van der Waals surface area contributed by atoms with Crippen molar-refractivity contribution in [3.63, 3.8) is 0 Å². The van der Waals surface area contributed by atoms with E-state index >= 15 is 0 Å². The van der Waals surface area contributed by atoms with E-state index in [0.29, 0.717) is 11.1 Å². The molecule has 0 amide bonds. The van der Waals surface area contributed by atoms with Crippen molar-refractivity contribution in [2.45, 2.75) is 38.6 Å². The van der Waals surface area contributed by atoms with Gasteiger partial charge in [0.25, 0.3) is 0 Å². The van der Waals surface area contributed by atoms with Crippen molar-refractivity contribution in [1.82, 2.24) is 4.98 Å². The van der Waals surface area contributed by atoms with Gasteiger partial charge in [0.05, 0.1) is 5.02 Å². The van der Waals surface area contributed by atoms with E-state index in [1.165, 1.54) is 19.3 Å². The van der Waals surface area contributed by atoms with E-state index in [4.69, 9.17) is 11.6 Å². The van der Waals surface area contributed by atoms with Gasteiger partial charge in [-0.1, -0.05) is 31.4 Å². The normalized spacial score (nSPS) is 17.5. The molecule has 0 spiro atoms. The second-order valence-corrected chi connectivity index (χ2v) is 4.73. The van der Waals surface area contributed by atoms with Crippen LogP contribution in [0.25, 0.3) is 0 Å². The topological polar surface area (TPSA) is 24.9 Å². The lowest BCUT2D eigenvalue weighted by Crippen LogP contribution is -2.19. The van der Waals surface area contributed by atoms with Crippen LogP contribution in [0.5, 0.6) is 0 Å². The molecule has 1 saturated carbocycles. The van der Waals surface area contributed by atoms with Crippen molar-refractivity contribution in [1.29, 1.82) is 0 Å². The molecule has 2 rings (SSSR count). The zero-order chi connectivity index (χ0) is 10.7. The van der Waals surface area contributed by atoms with Crippen molar-refractivity contribution < 1.29 is 0 Å². The molecular formula is C12H17ClN2. The van der Waals surface area contributed by atoms with E-state index in [2.05, 4.69) is 17.2 Å². The molecule has 3 heteroatoms. The van der Waals surface area contributed by atoms with Gasteiger partial charge in [-0.2, -0.15) is 0 Å². The number of halogens is 1. The maximum absolute atomic E-state index is 5.79. The summed E-state index contributed by atoms with van der Waals surface area (Å²) in [6.07, 6.45) is 6.94. The van der Waals surface area contributed by atoms with Crippen molar-refractivity contribution in [2.75, 3.05) is 5.32 Å². The van der Waals surface area contributed by atoms with Gasteiger partial charge in [0.15, 0.2) is 0 Å². The van der Waals surface area contributed by atoms with Crippen LogP contribution in [0.2, 0.25) is 5.02 Å². The van der Waals surface area contributed by atoms with Crippen molar-refractivity contribution in [3.8, 4) is 0 Å². The lowest BCUT2D eigenvalue weighted by molar-refractivity contribution is 0.585. The Labute approximate surface area is 96.1 Å². The van der Waals surface area contributed by atoms with E-state index < -0.39 is 0 Å². The van der Waals surface area contributed by atoms with Gasteiger partial charge in [0.1, 0.15) is 5.82 Å². The molecule has 1 aliphatic rings. The Bertz CT molecular complexity index is 306. The number of aromatic nitrogens is 1. The van der Waals surface area contributed by atoms with Gasteiger partial charge in [-0.25, -0.2) is 4.98 Å². The van der Waals surface area contributed by atoms with Crippen LogP contribution in [0.15, 0.2) is 18.3 Å². The number of hydrogen-bond donors (Lipinski definition) is 1. The fourth-order valence-electron chi connectivity index (χ4n) is 1.75. The Morgan fingerprint density at radius 1 is 1.53 bits per heavy atom. The molecule has 1 aliphatic carbocycles. The second kappa shape index (κ2) is 4.84. The van der Waals surface area contributed by atoms with E-state index in [-0.39, 0.29) is 0 Å². The third kappa shape index (κ3) is 3.38. The van der Waals surface area contributed by atoms with Gasteiger partial charge in [0.2, 0.25) is 0 Å². The van der Waals surface area contributed by atoms with Crippen LogP contribution in [0.3, 0.4) is 0 Å². The highest BCUT2D eigenvalue weighted by Gasteiger charge is 2.24. The summed E-state index contributed by atoms with van der Waals surface area (Å²) in [4.78, 5) is 4.25. The van der Waals surface area contributed by atoms with Crippen molar-refractivity contribution in [3.05, 3.63) is 23.4 Å². The molecule has 0 aromatic carbocycles. The van der Waals surface area contributed by atoms with Crippen LogP contribution >= 0.6 is 11.6 Å². The maximum atomic E-state index is 5.79. The molecule has 0 aliphatic heterocycles. The van der Waals surface area contributed by atoms with E-state index in [1.807, 2.05) is 12.1 Å². The third-order valence-corrected chi connectivity index (χ3v) is 3.11. The Balaban J connectivity index is 1.89. The molecule has 0 saturated heterocycles. The van der Waals surface area contributed by atoms with Gasteiger partial charge < -0.3 is 5.32 Å². The second-order valence-electron chi connectivity index (χ2n) is 4.29. The minimum Gasteiger partial charge on any atom is -0.367 e. The number of anilines is 1. The van der Waals surface area contributed by atoms with Crippen LogP contribution in [0.4, 0.5) is 5.82 Å². The summed E-state index contributed by atoms with van der Waals surface area (Å²) in [7, 11) is 0. The van der Waals surface area contributed by atoms with Gasteiger partial charge in [-0.3, -0.25) is 0 Å². The molecule has 15 heavy (non-hydrogen) atoms. The Morgan fingerprint density at radius 3 is 2.87 bits per heavy atom. The predicted octanol–water partition coefficient (Wildman–Crippen LogP) is 3.73. The first kappa shape index (κ1) is 10.7. The average molecular weight is 225 g/mol. The zero-order valence-corrected chi connectivity index (χ0v) is 9.80. The summed E-state index contributed by atoms with van der Waals surface area (Å²) in [5.74, 6) is 1.89. The summed E-state index contributed by atoms with van der Waals surface area (Å²) >= 11 is 5.79. The third-order valence-electron chi connectivity index (χ3n) is 2.89. The van der Waals surface area contributed by atoms with Crippen molar-refractivity contribution in [2.24, 2.45) is 5.92 Å². The summed E-state index contributed by atoms with van der Waals surface area (Å²) in [6, 6.07) is 4.38. The molecule has 1 aromatic heterocycles. The molecule has 2 nitrogen and oxygen atoms in total. The minimum atomic E-state index is 0.561. The van der Waals surface area contributed by atoms with Gasteiger partial charge in [-0.05, 0) is 30.9 Å². The monoisotopic (exact) mass is 224 g/mol. The van der Waals surface area contributed by atoms with E-state index in [9.17, 15) is 0 Å². The summed E-state index contributed by atoms with van der Waals surface area (Å²) < 4.78 is 0. The van der Waals surface area contributed by atoms with Crippen LogP contribution in [0, 0.1) is 5.92 Å². The highest BCUT2D eigenvalue weighted by Crippen LogP contribution is 2.34. The molecule has 82 valence electrons. The van der Waals surface area contributed by atoms with Crippen molar-refractivity contribution >= 4 is 17.4 Å². The summed E-state index contributed by atoms with van der Waals surface area (Å²) in [6.45, 7) is 2.22. The number of pyridine rings is 1. The first-order valence-corrected chi connectivity index (χ1v) is 6.04. The quantitative estimate of drug-likeness (QED) is 0.825. The molecule has 1 unspecified atom stereocenters. The van der Waals surface area contributed by atoms with Gasteiger partial charge in [-0.15, -0.1) is 0 Å². The largest absolute Gasteiger partial charge is 0.367 e. The molecule has 1 heterocycles. The molecule has 1 N–H and O–H groups in total. The van der Waals surface area contributed by atoms with Crippen LogP contribution in [0.1, 0.15) is 32.6 Å². The Morgan fingerprint density at radius 2 is 2.33 bits per heavy atom. The van der Waals surface area contributed by atoms with Crippen LogP contribution < -0.4 is 5.32 Å². The highest BCUT2D eigenvalue weighted by atomic mass is 35.5. The van der Waals surface area contributed by atoms with Gasteiger partial charge >= 0.3 is 0 Å². The average Bonchev–Trinajstić information content (AvgIpc) is 3.04. The predicted molar refractivity (Wildman–Crippen MR) is 64.3 cm³/mol. The Kier molecular flexibility index (Phi) is 3.47. The van der Waals surface area contributed by atoms with Crippen LogP contribution in [-0.2, 0) is 0 Å². The molecular weight excluding hydrogens is 208 g/mol. The molecule has 1 fully saturated rings. The summed E-state index contributed by atoms with van der Waals surface area (Å²) in [5, 5.41) is 4.15. The Hall–Kier alpha value is -0.760. The lowest BCUT2D eigenvalue weighted by atomic mass is 10.1. The first-order chi connectivity index (χ1) is 7.28. The van der Waals surface area contributed by atoms with E-state index in [1.54, 1.807) is 6.20 Å². The molecule has 0 bridgehead atoms. The molecule has 1 aromatic rings. The fraction of sp³-hybridized carbons (Fsp3) is 0.583.